The van der Waals surface area contributed by atoms with E-state index >= 15 is 0 Å². The molecule has 16 heavy (non-hydrogen) atoms. The van der Waals surface area contributed by atoms with Gasteiger partial charge in [-0.25, -0.2) is 0 Å². The van der Waals surface area contributed by atoms with Crippen LogP contribution in [0, 0.1) is 0 Å². The fraction of sp³-hybridized carbons (Fsp3) is 0.200. The second-order valence-electron chi connectivity index (χ2n) is 4.06. The molecule has 0 saturated heterocycles. The number of nitrogens with one attached hydrogen (secondary N) is 1. The maximum absolute atomic E-state index is 3.78. The van der Waals surface area contributed by atoms with Crippen LogP contribution in [0.5, 0.6) is 0 Å². The molecule has 1 heteroatoms. The normalized spacial score (nSPS) is 17.0. The van der Waals surface area contributed by atoms with Crippen molar-refractivity contribution in [2.45, 2.75) is 20.3 Å². The molecule has 0 bridgehead atoms. The van der Waals surface area contributed by atoms with Gasteiger partial charge in [0.05, 0.1) is 0 Å². The van der Waals surface area contributed by atoms with Gasteiger partial charge in [-0.2, -0.15) is 0 Å². The average Bonchev–Trinajstić information content (AvgIpc) is 2.51. The summed E-state index contributed by atoms with van der Waals surface area (Å²) in [4.78, 5) is 3.44. The predicted octanol–water partition coefficient (Wildman–Crippen LogP) is 0.693. The molecule has 1 aliphatic carbocycles. The number of hydrogen-bond acceptors (Lipinski definition) is 0. The number of aromatic nitrogens is 1. The Bertz CT molecular complexity index is 666. The predicted molar refractivity (Wildman–Crippen MR) is 71.4 cm³/mol. The van der Waals surface area contributed by atoms with Crippen molar-refractivity contribution in [2.24, 2.45) is 0 Å². The van der Waals surface area contributed by atoms with Gasteiger partial charge in [0.25, 0.3) is 0 Å². The zero-order chi connectivity index (χ0) is 11.5. The molecule has 0 saturated carbocycles. The van der Waals surface area contributed by atoms with Gasteiger partial charge in [0.15, 0.2) is 0 Å². The molecule has 0 unspecified atom stereocenters. The zero-order valence-corrected chi connectivity index (χ0v) is 9.88. The van der Waals surface area contributed by atoms with E-state index < -0.39 is 0 Å². The quantitative estimate of drug-likeness (QED) is 0.703. The molecule has 1 aromatic heterocycles. The lowest BCUT2D eigenvalue weighted by molar-refractivity contribution is 1.21. The highest BCUT2D eigenvalue weighted by Gasteiger charge is 1.97. The van der Waals surface area contributed by atoms with E-state index in [1.165, 1.54) is 26.7 Å². The Morgan fingerprint density at radius 2 is 2.19 bits per heavy atom. The Morgan fingerprint density at radius 1 is 1.38 bits per heavy atom. The van der Waals surface area contributed by atoms with Gasteiger partial charge < -0.3 is 4.98 Å². The summed E-state index contributed by atoms with van der Waals surface area (Å²) in [6, 6.07) is 0. The summed E-state index contributed by atoms with van der Waals surface area (Å²) in [6.07, 6.45) is 13.6. The van der Waals surface area contributed by atoms with E-state index in [9.17, 15) is 0 Å². The van der Waals surface area contributed by atoms with Crippen molar-refractivity contribution in [2.75, 3.05) is 0 Å². The van der Waals surface area contributed by atoms with E-state index in [4.69, 9.17) is 0 Å². The number of H-pyrrole nitrogens is 1. The smallest absolute Gasteiger partial charge is 0.0427 e. The molecule has 82 valence electrons. The third-order valence-electron chi connectivity index (χ3n) is 2.88. The van der Waals surface area contributed by atoms with Crippen molar-refractivity contribution in [1.82, 2.24) is 4.98 Å². The van der Waals surface area contributed by atoms with Crippen LogP contribution in [0.3, 0.4) is 0 Å². The molecule has 0 radical (unpaired) electrons. The lowest BCUT2D eigenvalue weighted by Gasteiger charge is -1.88. The third-order valence-corrected chi connectivity index (χ3v) is 2.88. The van der Waals surface area contributed by atoms with E-state index in [-0.39, 0.29) is 0 Å². The second-order valence-corrected chi connectivity index (χ2v) is 4.06. The summed E-state index contributed by atoms with van der Waals surface area (Å²) in [6.45, 7) is 7.98. The van der Waals surface area contributed by atoms with Crippen LogP contribution in [0.15, 0.2) is 24.3 Å². The van der Waals surface area contributed by atoms with Crippen LogP contribution in [-0.4, -0.2) is 4.98 Å². The second kappa shape index (κ2) is 4.40. The summed E-state index contributed by atoms with van der Waals surface area (Å²) in [5.41, 5.74) is 1.39. The molecular weight excluding hydrogens is 194 g/mol. The van der Waals surface area contributed by atoms with E-state index in [2.05, 4.69) is 48.9 Å². The minimum atomic E-state index is 1.01. The number of allylic oxidation sites excluding steroid dienone is 3. The SMILES string of the molecule is C=C/C=c1/c2c([nH]/c1=C/C)=CCC(C)=CC=2. The molecule has 1 heterocycles. The van der Waals surface area contributed by atoms with Crippen molar-refractivity contribution in [3.05, 3.63) is 45.4 Å². The molecule has 0 aromatic carbocycles. The summed E-state index contributed by atoms with van der Waals surface area (Å²) in [5, 5.41) is 4.89. The Hall–Kier alpha value is -1.76. The number of fused-ring (bicyclic) bond motifs is 1. The van der Waals surface area contributed by atoms with Crippen LogP contribution in [0.2, 0.25) is 0 Å². The lowest BCUT2D eigenvalue weighted by atomic mass is 10.2. The highest BCUT2D eigenvalue weighted by atomic mass is 14.7. The molecule has 0 amide bonds. The van der Waals surface area contributed by atoms with Crippen LogP contribution in [0.1, 0.15) is 20.3 Å². The first-order valence-electron chi connectivity index (χ1n) is 5.61. The van der Waals surface area contributed by atoms with Gasteiger partial charge in [0.1, 0.15) is 0 Å². The maximum Gasteiger partial charge on any atom is 0.0427 e. The molecule has 0 atom stereocenters. The lowest BCUT2D eigenvalue weighted by Crippen LogP contribution is -2.36. The van der Waals surface area contributed by atoms with Gasteiger partial charge in [0, 0.05) is 21.1 Å². The summed E-state index contributed by atoms with van der Waals surface area (Å²) in [5.74, 6) is 0. The van der Waals surface area contributed by atoms with E-state index in [0.717, 1.165) is 6.42 Å². The van der Waals surface area contributed by atoms with Crippen LogP contribution in [0.25, 0.3) is 24.3 Å². The van der Waals surface area contributed by atoms with E-state index in [1.807, 2.05) is 13.0 Å². The highest BCUT2D eigenvalue weighted by molar-refractivity contribution is 5.49. The first-order chi connectivity index (χ1) is 7.76. The molecular formula is C15H17N. The Kier molecular flexibility index (Phi) is 2.95. The van der Waals surface area contributed by atoms with Crippen LogP contribution in [0.4, 0.5) is 0 Å². The largest absolute Gasteiger partial charge is 0.355 e. The molecule has 1 N–H and O–H groups in total. The van der Waals surface area contributed by atoms with Gasteiger partial charge in [-0.1, -0.05) is 48.6 Å². The van der Waals surface area contributed by atoms with E-state index in [0.29, 0.717) is 0 Å². The summed E-state index contributed by atoms with van der Waals surface area (Å²) >= 11 is 0. The van der Waals surface area contributed by atoms with Crippen LogP contribution in [-0.2, 0) is 0 Å². The number of rotatable bonds is 1. The third kappa shape index (κ3) is 1.81. The molecule has 1 nitrogen and oxygen atoms in total. The molecule has 1 aliphatic rings. The van der Waals surface area contributed by atoms with Gasteiger partial charge in [-0.3, -0.25) is 0 Å². The molecule has 0 spiro atoms. The first-order valence-corrected chi connectivity index (χ1v) is 5.61. The van der Waals surface area contributed by atoms with Gasteiger partial charge in [-0.15, -0.1) is 0 Å². The summed E-state index contributed by atoms with van der Waals surface area (Å²) < 4.78 is 0. The maximum atomic E-state index is 3.78. The Labute approximate surface area is 95.5 Å². The van der Waals surface area contributed by atoms with Gasteiger partial charge >= 0.3 is 0 Å². The fourth-order valence-electron chi connectivity index (χ4n) is 1.99. The van der Waals surface area contributed by atoms with E-state index in [1.54, 1.807) is 0 Å². The average molecular weight is 211 g/mol. The highest BCUT2D eigenvalue weighted by Crippen LogP contribution is 2.00. The van der Waals surface area contributed by atoms with Gasteiger partial charge in [-0.05, 0) is 20.3 Å². The standard InChI is InChI=1S/C15H17N/c1-4-6-12-13-9-7-11(3)8-10-15(13)16-14(12)5-2/h4-7,9-10,16H,1,8H2,2-3H3/b12-6-,14-5+. The van der Waals surface area contributed by atoms with Crippen molar-refractivity contribution in [3.63, 3.8) is 0 Å². The topological polar surface area (TPSA) is 15.8 Å². The van der Waals surface area contributed by atoms with Crippen LogP contribution >= 0.6 is 0 Å². The number of aromatic amines is 1. The monoisotopic (exact) mass is 211 g/mol. The van der Waals surface area contributed by atoms with Crippen LogP contribution < -0.4 is 21.1 Å². The number of hydrogen-bond donors (Lipinski definition) is 1. The van der Waals surface area contributed by atoms with Crippen molar-refractivity contribution in [1.29, 1.82) is 0 Å². The minimum absolute atomic E-state index is 1.01. The molecule has 0 aliphatic heterocycles. The van der Waals surface area contributed by atoms with Crippen molar-refractivity contribution in [3.8, 4) is 0 Å². The summed E-state index contributed by atoms with van der Waals surface area (Å²) in [7, 11) is 0. The Morgan fingerprint density at radius 3 is 2.88 bits per heavy atom. The van der Waals surface area contributed by atoms with Gasteiger partial charge in [0.2, 0.25) is 0 Å². The molecule has 2 rings (SSSR count). The first kappa shape index (κ1) is 10.7. The zero-order valence-electron chi connectivity index (χ0n) is 9.88. The molecule has 1 aromatic rings. The Balaban J connectivity index is 2.97. The fourth-order valence-corrected chi connectivity index (χ4v) is 1.99. The van der Waals surface area contributed by atoms with Crippen molar-refractivity contribution < 1.29 is 0 Å². The minimum Gasteiger partial charge on any atom is -0.355 e. The van der Waals surface area contributed by atoms with Crippen molar-refractivity contribution >= 4 is 24.3 Å². The molecule has 0 fully saturated rings.